The lowest BCUT2D eigenvalue weighted by Crippen LogP contribution is -2.43. The van der Waals surface area contributed by atoms with E-state index in [0.717, 1.165) is 25.7 Å². The standard InChI is InChI=1S/C14H22N2O3S/c1-10-8-12(15)6-7-14(10)20(18,19)16-13-5-3-2-4-11(13)9-17/h6-8,11,13,16-17H,2-5,9,15H2,1H3. The average molecular weight is 298 g/mol. The smallest absolute Gasteiger partial charge is 0.241 e. The quantitative estimate of drug-likeness (QED) is 0.733. The minimum absolute atomic E-state index is 0.00705. The van der Waals surface area contributed by atoms with E-state index in [0.29, 0.717) is 11.3 Å². The third kappa shape index (κ3) is 3.31. The van der Waals surface area contributed by atoms with Crippen molar-refractivity contribution in [3.8, 4) is 0 Å². The minimum atomic E-state index is -3.57. The Morgan fingerprint density at radius 1 is 1.35 bits per heavy atom. The second-order valence-electron chi connectivity index (χ2n) is 5.48. The van der Waals surface area contributed by atoms with E-state index in [1.165, 1.54) is 6.07 Å². The Hall–Kier alpha value is -1.11. The van der Waals surface area contributed by atoms with Crippen molar-refractivity contribution in [3.05, 3.63) is 23.8 Å². The molecule has 1 aliphatic rings. The molecule has 2 unspecified atom stereocenters. The number of rotatable bonds is 4. The zero-order valence-electron chi connectivity index (χ0n) is 11.7. The zero-order chi connectivity index (χ0) is 14.8. The van der Waals surface area contributed by atoms with Gasteiger partial charge in [-0.3, -0.25) is 0 Å². The number of hydrogen-bond donors (Lipinski definition) is 3. The van der Waals surface area contributed by atoms with E-state index >= 15 is 0 Å². The lowest BCUT2D eigenvalue weighted by molar-refractivity contribution is 0.164. The fourth-order valence-electron chi connectivity index (χ4n) is 2.82. The van der Waals surface area contributed by atoms with E-state index < -0.39 is 10.0 Å². The molecule has 1 aromatic carbocycles. The van der Waals surface area contributed by atoms with Crippen molar-refractivity contribution in [3.63, 3.8) is 0 Å². The highest BCUT2D eigenvalue weighted by molar-refractivity contribution is 7.89. The number of nitrogen functional groups attached to an aromatic ring is 1. The van der Waals surface area contributed by atoms with E-state index in [2.05, 4.69) is 4.72 Å². The maximum absolute atomic E-state index is 12.5. The monoisotopic (exact) mass is 298 g/mol. The first-order valence-electron chi connectivity index (χ1n) is 6.93. The van der Waals surface area contributed by atoms with Gasteiger partial charge in [-0.25, -0.2) is 13.1 Å². The van der Waals surface area contributed by atoms with Gasteiger partial charge < -0.3 is 10.8 Å². The molecule has 5 nitrogen and oxygen atoms in total. The molecule has 1 aromatic rings. The molecule has 0 bridgehead atoms. The Bertz CT molecular complexity index is 572. The molecule has 112 valence electrons. The van der Waals surface area contributed by atoms with E-state index in [-0.39, 0.29) is 23.5 Å². The highest BCUT2D eigenvalue weighted by atomic mass is 32.2. The molecule has 0 heterocycles. The van der Waals surface area contributed by atoms with Crippen LogP contribution in [0, 0.1) is 12.8 Å². The summed E-state index contributed by atoms with van der Waals surface area (Å²) in [7, 11) is -3.57. The van der Waals surface area contributed by atoms with Gasteiger partial charge in [0.05, 0.1) is 4.90 Å². The molecular formula is C14H22N2O3S. The summed E-state index contributed by atoms with van der Waals surface area (Å²) in [5.74, 6) is 0.00705. The lowest BCUT2D eigenvalue weighted by Gasteiger charge is -2.30. The largest absolute Gasteiger partial charge is 0.399 e. The number of hydrogen-bond acceptors (Lipinski definition) is 4. The molecular weight excluding hydrogens is 276 g/mol. The van der Waals surface area contributed by atoms with Crippen molar-refractivity contribution in [2.45, 2.75) is 43.5 Å². The van der Waals surface area contributed by atoms with Gasteiger partial charge in [0, 0.05) is 18.3 Å². The highest BCUT2D eigenvalue weighted by Gasteiger charge is 2.29. The number of anilines is 1. The third-order valence-corrected chi connectivity index (χ3v) is 5.59. The van der Waals surface area contributed by atoms with Crippen LogP contribution in [0.4, 0.5) is 5.69 Å². The van der Waals surface area contributed by atoms with Crippen LogP contribution >= 0.6 is 0 Å². The number of sulfonamides is 1. The summed E-state index contributed by atoms with van der Waals surface area (Å²) in [6, 6.07) is 4.59. The van der Waals surface area contributed by atoms with Gasteiger partial charge in [0.2, 0.25) is 10.0 Å². The van der Waals surface area contributed by atoms with Gasteiger partial charge in [-0.05, 0) is 49.4 Å². The molecule has 0 saturated heterocycles. The van der Waals surface area contributed by atoms with Crippen LogP contribution in [0.5, 0.6) is 0 Å². The molecule has 1 saturated carbocycles. The van der Waals surface area contributed by atoms with Crippen LogP contribution < -0.4 is 10.5 Å². The van der Waals surface area contributed by atoms with Crippen LogP contribution in [0.25, 0.3) is 0 Å². The zero-order valence-corrected chi connectivity index (χ0v) is 12.5. The molecule has 4 N–H and O–H groups in total. The van der Waals surface area contributed by atoms with Crippen molar-refractivity contribution < 1.29 is 13.5 Å². The topological polar surface area (TPSA) is 92.4 Å². The Morgan fingerprint density at radius 2 is 2.05 bits per heavy atom. The Morgan fingerprint density at radius 3 is 2.70 bits per heavy atom. The van der Waals surface area contributed by atoms with Crippen molar-refractivity contribution in [2.75, 3.05) is 12.3 Å². The SMILES string of the molecule is Cc1cc(N)ccc1S(=O)(=O)NC1CCCCC1CO. The molecule has 0 radical (unpaired) electrons. The van der Waals surface area contributed by atoms with Crippen molar-refractivity contribution in [1.29, 1.82) is 0 Å². The van der Waals surface area contributed by atoms with E-state index in [1.54, 1.807) is 19.1 Å². The first-order valence-corrected chi connectivity index (χ1v) is 8.41. The minimum Gasteiger partial charge on any atom is -0.399 e. The number of benzene rings is 1. The first-order chi connectivity index (χ1) is 9.44. The summed E-state index contributed by atoms with van der Waals surface area (Å²) < 4.78 is 27.7. The second-order valence-corrected chi connectivity index (χ2v) is 7.16. The lowest BCUT2D eigenvalue weighted by atomic mass is 9.86. The summed E-state index contributed by atoms with van der Waals surface area (Å²) >= 11 is 0. The van der Waals surface area contributed by atoms with Gasteiger partial charge in [0.15, 0.2) is 0 Å². The number of nitrogens with one attached hydrogen (secondary N) is 1. The Balaban J connectivity index is 2.22. The van der Waals surface area contributed by atoms with Gasteiger partial charge >= 0.3 is 0 Å². The van der Waals surface area contributed by atoms with Crippen molar-refractivity contribution >= 4 is 15.7 Å². The normalized spacial score (nSPS) is 23.7. The molecule has 20 heavy (non-hydrogen) atoms. The summed E-state index contributed by atoms with van der Waals surface area (Å²) in [5, 5.41) is 9.37. The van der Waals surface area contributed by atoms with Crippen LogP contribution in [-0.4, -0.2) is 26.2 Å². The molecule has 2 rings (SSSR count). The number of aliphatic hydroxyl groups excluding tert-OH is 1. The molecule has 1 fully saturated rings. The fraction of sp³-hybridized carbons (Fsp3) is 0.571. The van der Waals surface area contributed by atoms with Crippen molar-refractivity contribution in [1.82, 2.24) is 4.72 Å². The Labute approximate surface area is 120 Å². The molecule has 0 aliphatic heterocycles. The predicted molar refractivity (Wildman–Crippen MR) is 78.7 cm³/mol. The molecule has 0 amide bonds. The highest BCUT2D eigenvalue weighted by Crippen LogP contribution is 2.26. The summed E-state index contributed by atoms with van der Waals surface area (Å²) in [6.45, 7) is 1.75. The Kier molecular flexibility index (Phi) is 4.67. The molecule has 2 atom stereocenters. The average Bonchev–Trinajstić information content (AvgIpc) is 2.38. The van der Waals surface area contributed by atoms with Crippen LogP contribution in [0.15, 0.2) is 23.1 Å². The summed E-state index contributed by atoms with van der Waals surface area (Å²) in [4.78, 5) is 0.258. The molecule has 0 aromatic heterocycles. The second kappa shape index (κ2) is 6.11. The number of nitrogens with two attached hydrogens (primary N) is 1. The molecule has 1 aliphatic carbocycles. The van der Waals surface area contributed by atoms with Gasteiger partial charge in [0.25, 0.3) is 0 Å². The number of aryl methyl sites for hydroxylation is 1. The van der Waals surface area contributed by atoms with Crippen molar-refractivity contribution in [2.24, 2.45) is 5.92 Å². The van der Waals surface area contributed by atoms with E-state index in [1.807, 2.05) is 0 Å². The van der Waals surface area contributed by atoms with Gasteiger partial charge in [-0.2, -0.15) is 0 Å². The van der Waals surface area contributed by atoms with Gasteiger partial charge in [-0.1, -0.05) is 12.8 Å². The maximum atomic E-state index is 12.5. The van der Waals surface area contributed by atoms with E-state index in [4.69, 9.17) is 5.73 Å². The number of aliphatic hydroxyl groups is 1. The van der Waals surface area contributed by atoms with Crippen LogP contribution in [0.2, 0.25) is 0 Å². The molecule has 0 spiro atoms. The predicted octanol–water partition coefficient (Wildman–Crippen LogP) is 1.41. The molecule has 6 heteroatoms. The van der Waals surface area contributed by atoms with Crippen LogP contribution in [0.1, 0.15) is 31.2 Å². The van der Waals surface area contributed by atoms with Crippen LogP contribution in [-0.2, 0) is 10.0 Å². The first kappa shape index (κ1) is 15.3. The third-order valence-electron chi connectivity index (χ3n) is 3.94. The maximum Gasteiger partial charge on any atom is 0.241 e. The van der Waals surface area contributed by atoms with Gasteiger partial charge in [-0.15, -0.1) is 0 Å². The summed E-state index contributed by atoms with van der Waals surface area (Å²) in [5.41, 5.74) is 6.83. The van der Waals surface area contributed by atoms with Crippen LogP contribution in [0.3, 0.4) is 0 Å². The van der Waals surface area contributed by atoms with E-state index in [9.17, 15) is 13.5 Å². The summed E-state index contributed by atoms with van der Waals surface area (Å²) in [6.07, 6.45) is 3.68. The van der Waals surface area contributed by atoms with Gasteiger partial charge in [0.1, 0.15) is 0 Å². The fourth-order valence-corrected chi connectivity index (χ4v) is 4.38.